The molecule has 102 valence electrons. The Morgan fingerprint density at radius 2 is 2.00 bits per heavy atom. The van der Waals surface area contributed by atoms with E-state index in [1.54, 1.807) is 13.2 Å². The summed E-state index contributed by atoms with van der Waals surface area (Å²) >= 11 is 3.09. The second-order valence-corrected chi connectivity index (χ2v) is 4.85. The maximum Gasteiger partial charge on any atom is 0.416 e. The van der Waals surface area contributed by atoms with Gasteiger partial charge in [0, 0.05) is 23.3 Å². The predicted molar refractivity (Wildman–Crippen MR) is 68.7 cm³/mol. The molecule has 1 aromatic carbocycles. The number of benzene rings is 1. The summed E-state index contributed by atoms with van der Waals surface area (Å²) in [6.45, 7) is 2.39. The smallest absolute Gasteiger partial charge is 0.383 e. The third-order valence-corrected chi connectivity index (χ3v) is 2.91. The SMILES string of the molecule is CCC(COC)Nc1cc(Br)cc(C(F)(F)F)c1. The van der Waals surface area contributed by atoms with Crippen molar-refractivity contribution in [3.8, 4) is 0 Å². The molecule has 0 aromatic heterocycles. The third-order valence-electron chi connectivity index (χ3n) is 2.46. The number of anilines is 1. The summed E-state index contributed by atoms with van der Waals surface area (Å²) in [5.41, 5.74) is -0.243. The van der Waals surface area contributed by atoms with Gasteiger partial charge in [0.05, 0.1) is 12.2 Å². The lowest BCUT2D eigenvalue weighted by atomic mass is 10.1. The lowest BCUT2D eigenvalue weighted by Crippen LogP contribution is -2.24. The van der Waals surface area contributed by atoms with Crippen LogP contribution in [0.5, 0.6) is 0 Å². The summed E-state index contributed by atoms with van der Waals surface area (Å²) in [5.74, 6) is 0. The third kappa shape index (κ3) is 4.49. The standard InChI is InChI=1S/C12H15BrF3NO/c1-3-10(7-18-2)17-11-5-8(12(14,15)16)4-9(13)6-11/h4-6,10,17H,3,7H2,1-2H3. The predicted octanol–water partition coefficient (Wildman–Crippen LogP) is 4.30. The number of hydrogen-bond acceptors (Lipinski definition) is 2. The van der Waals surface area contributed by atoms with Crippen LogP contribution in [0.3, 0.4) is 0 Å². The van der Waals surface area contributed by atoms with Gasteiger partial charge in [-0.15, -0.1) is 0 Å². The largest absolute Gasteiger partial charge is 0.416 e. The Morgan fingerprint density at radius 3 is 2.50 bits per heavy atom. The van der Waals surface area contributed by atoms with Gasteiger partial charge in [-0.1, -0.05) is 22.9 Å². The van der Waals surface area contributed by atoms with Crippen LogP contribution in [0.25, 0.3) is 0 Å². The minimum atomic E-state index is -4.34. The summed E-state index contributed by atoms with van der Waals surface area (Å²) in [5, 5.41) is 3.03. The molecule has 0 aliphatic rings. The second kappa shape index (κ2) is 6.43. The average Bonchev–Trinajstić information content (AvgIpc) is 2.26. The van der Waals surface area contributed by atoms with Crippen molar-refractivity contribution in [2.75, 3.05) is 19.0 Å². The van der Waals surface area contributed by atoms with Crippen LogP contribution in [0, 0.1) is 0 Å². The fourth-order valence-electron chi connectivity index (χ4n) is 1.54. The topological polar surface area (TPSA) is 21.3 Å². The van der Waals surface area contributed by atoms with Gasteiger partial charge in [0.1, 0.15) is 0 Å². The highest BCUT2D eigenvalue weighted by molar-refractivity contribution is 9.10. The van der Waals surface area contributed by atoms with E-state index in [0.29, 0.717) is 16.8 Å². The Bertz CT molecular complexity index is 395. The van der Waals surface area contributed by atoms with Crippen LogP contribution in [0.4, 0.5) is 18.9 Å². The van der Waals surface area contributed by atoms with E-state index in [0.717, 1.165) is 18.6 Å². The average molecular weight is 326 g/mol. The van der Waals surface area contributed by atoms with Crippen LogP contribution in [0.2, 0.25) is 0 Å². The van der Waals surface area contributed by atoms with E-state index in [9.17, 15) is 13.2 Å². The highest BCUT2D eigenvalue weighted by Gasteiger charge is 2.31. The van der Waals surface area contributed by atoms with E-state index >= 15 is 0 Å². The fraction of sp³-hybridized carbons (Fsp3) is 0.500. The minimum absolute atomic E-state index is 0.00890. The molecular weight excluding hydrogens is 311 g/mol. The van der Waals surface area contributed by atoms with Crippen molar-refractivity contribution in [1.82, 2.24) is 0 Å². The highest BCUT2D eigenvalue weighted by atomic mass is 79.9. The Labute approximate surface area is 113 Å². The molecule has 0 fully saturated rings. The fourth-order valence-corrected chi connectivity index (χ4v) is 2.03. The first-order valence-electron chi connectivity index (χ1n) is 5.50. The van der Waals surface area contributed by atoms with Crippen LogP contribution < -0.4 is 5.32 Å². The van der Waals surface area contributed by atoms with Crippen molar-refractivity contribution < 1.29 is 17.9 Å². The van der Waals surface area contributed by atoms with Crippen molar-refractivity contribution >= 4 is 21.6 Å². The van der Waals surface area contributed by atoms with E-state index in [1.165, 1.54) is 0 Å². The molecule has 1 unspecified atom stereocenters. The van der Waals surface area contributed by atoms with Crippen molar-refractivity contribution in [1.29, 1.82) is 0 Å². The van der Waals surface area contributed by atoms with Crippen LogP contribution in [-0.2, 0) is 10.9 Å². The first-order chi connectivity index (χ1) is 8.36. The summed E-state index contributed by atoms with van der Waals surface area (Å²) in [7, 11) is 1.56. The number of methoxy groups -OCH3 is 1. The zero-order chi connectivity index (χ0) is 13.8. The van der Waals surface area contributed by atoms with Crippen LogP contribution in [-0.4, -0.2) is 19.8 Å². The van der Waals surface area contributed by atoms with Crippen molar-refractivity contribution in [3.05, 3.63) is 28.2 Å². The molecule has 1 aromatic rings. The molecule has 18 heavy (non-hydrogen) atoms. The molecular formula is C12H15BrF3NO. The van der Waals surface area contributed by atoms with E-state index in [2.05, 4.69) is 21.2 Å². The lowest BCUT2D eigenvalue weighted by Gasteiger charge is -2.18. The van der Waals surface area contributed by atoms with Gasteiger partial charge in [-0.3, -0.25) is 0 Å². The van der Waals surface area contributed by atoms with Crippen molar-refractivity contribution in [2.24, 2.45) is 0 Å². The van der Waals surface area contributed by atoms with Gasteiger partial charge in [-0.2, -0.15) is 13.2 Å². The van der Waals surface area contributed by atoms with Gasteiger partial charge in [0.25, 0.3) is 0 Å². The molecule has 1 atom stereocenters. The molecule has 6 heteroatoms. The maximum absolute atomic E-state index is 12.6. The Morgan fingerprint density at radius 1 is 1.33 bits per heavy atom. The van der Waals surface area contributed by atoms with E-state index in [4.69, 9.17) is 4.74 Å². The number of ether oxygens (including phenoxy) is 1. The zero-order valence-electron chi connectivity index (χ0n) is 10.1. The molecule has 1 rings (SSSR count). The monoisotopic (exact) mass is 325 g/mol. The number of nitrogens with one attached hydrogen (secondary N) is 1. The molecule has 0 spiro atoms. The Balaban J connectivity index is 2.92. The normalized spacial score (nSPS) is 13.4. The summed E-state index contributed by atoms with van der Waals surface area (Å²) in [6, 6.07) is 3.77. The van der Waals surface area contributed by atoms with Gasteiger partial charge >= 0.3 is 6.18 Å². The number of rotatable bonds is 5. The summed E-state index contributed by atoms with van der Waals surface area (Å²) < 4.78 is 43.3. The molecule has 1 N–H and O–H groups in total. The molecule has 0 radical (unpaired) electrons. The molecule has 0 amide bonds. The lowest BCUT2D eigenvalue weighted by molar-refractivity contribution is -0.137. The van der Waals surface area contributed by atoms with Gasteiger partial charge < -0.3 is 10.1 Å². The van der Waals surface area contributed by atoms with E-state index < -0.39 is 11.7 Å². The van der Waals surface area contributed by atoms with Gasteiger partial charge in [-0.25, -0.2) is 0 Å². The van der Waals surface area contributed by atoms with Gasteiger partial charge in [0.2, 0.25) is 0 Å². The molecule has 0 heterocycles. The molecule has 0 saturated heterocycles. The number of alkyl halides is 3. The zero-order valence-corrected chi connectivity index (χ0v) is 11.7. The Kier molecular flexibility index (Phi) is 5.47. The number of hydrogen-bond donors (Lipinski definition) is 1. The number of halogens is 4. The summed E-state index contributed by atoms with van der Waals surface area (Å²) in [4.78, 5) is 0. The maximum atomic E-state index is 12.6. The highest BCUT2D eigenvalue weighted by Crippen LogP contribution is 2.33. The van der Waals surface area contributed by atoms with Crippen LogP contribution in [0.1, 0.15) is 18.9 Å². The molecule has 0 aliphatic heterocycles. The minimum Gasteiger partial charge on any atom is -0.383 e. The van der Waals surface area contributed by atoms with E-state index in [1.807, 2.05) is 6.92 Å². The van der Waals surface area contributed by atoms with Crippen LogP contribution in [0.15, 0.2) is 22.7 Å². The van der Waals surface area contributed by atoms with Crippen molar-refractivity contribution in [3.63, 3.8) is 0 Å². The first kappa shape index (κ1) is 15.3. The molecule has 0 aliphatic carbocycles. The van der Waals surface area contributed by atoms with E-state index in [-0.39, 0.29) is 6.04 Å². The van der Waals surface area contributed by atoms with Gasteiger partial charge in [0.15, 0.2) is 0 Å². The van der Waals surface area contributed by atoms with Gasteiger partial charge in [-0.05, 0) is 24.6 Å². The summed E-state index contributed by atoms with van der Waals surface area (Å²) in [6.07, 6.45) is -3.58. The first-order valence-corrected chi connectivity index (χ1v) is 6.29. The molecule has 2 nitrogen and oxygen atoms in total. The van der Waals surface area contributed by atoms with Crippen molar-refractivity contribution in [2.45, 2.75) is 25.6 Å². The van der Waals surface area contributed by atoms with Crippen LogP contribution >= 0.6 is 15.9 Å². The molecule has 0 saturated carbocycles. The molecule has 0 bridgehead atoms. The quantitative estimate of drug-likeness (QED) is 0.871. The second-order valence-electron chi connectivity index (χ2n) is 3.93. The Hall–Kier alpha value is -0.750.